The van der Waals surface area contributed by atoms with Gasteiger partial charge in [0.25, 0.3) is 0 Å². The Morgan fingerprint density at radius 1 is 1.15 bits per heavy atom. The zero-order valence-electron chi connectivity index (χ0n) is 11.8. The van der Waals surface area contributed by atoms with Gasteiger partial charge in [-0.3, -0.25) is 4.90 Å². The van der Waals surface area contributed by atoms with Gasteiger partial charge in [0.1, 0.15) is 6.04 Å². The van der Waals surface area contributed by atoms with E-state index in [4.69, 9.17) is 0 Å². The van der Waals surface area contributed by atoms with Gasteiger partial charge in [-0.05, 0) is 37.5 Å². The summed E-state index contributed by atoms with van der Waals surface area (Å²) in [6.45, 7) is 3.75. The molecule has 6 heteroatoms. The molecule has 0 aromatic heterocycles. The van der Waals surface area contributed by atoms with E-state index < -0.39 is 12.0 Å². The first-order valence-corrected chi connectivity index (χ1v) is 8.54. The monoisotopic (exact) mass is 298 g/mol. The van der Waals surface area contributed by atoms with Gasteiger partial charge in [0.15, 0.2) is 0 Å². The van der Waals surface area contributed by atoms with E-state index >= 15 is 0 Å². The van der Waals surface area contributed by atoms with Crippen LogP contribution in [0.5, 0.6) is 0 Å². The molecule has 112 valence electrons. The molecule has 2 aliphatic heterocycles. The van der Waals surface area contributed by atoms with Crippen molar-refractivity contribution in [1.29, 1.82) is 0 Å². The Morgan fingerprint density at radius 3 is 2.35 bits per heavy atom. The molecule has 20 heavy (non-hydrogen) atoms. The fourth-order valence-electron chi connectivity index (χ4n) is 3.07. The molecule has 5 nitrogen and oxygen atoms in total. The van der Waals surface area contributed by atoms with Gasteiger partial charge in [0, 0.05) is 18.8 Å². The molecule has 3 rings (SSSR count). The second kappa shape index (κ2) is 5.47. The molecule has 1 aliphatic carbocycles. The lowest BCUT2D eigenvalue weighted by molar-refractivity contribution is -0.141. The maximum Gasteiger partial charge on any atom is 0.327 e. The van der Waals surface area contributed by atoms with E-state index in [9.17, 15) is 14.7 Å². The number of carboxylic acids is 1. The number of aliphatic carboxylic acids is 1. The van der Waals surface area contributed by atoms with Crippen molar-refractivity contribution in [2.75, 3.05) is 18.8 Å². The molecule has 1 saturated carbocycles. The fourth-order valence-corrected chi connectivity index (χ4v) is 4.69. The molecular formula is C14H22N2O3S. The van der Waals surface area contributed by atoms with Crippen LogP contribution in [0.25, 0.3) is 0 Å². The molecule has 0 aromatic carbocycles. The SMILES string of the molecule is CC1CCN(C(=O)N2C(C(=O)O)CSC2C2CC2)CC1. The number of urea groups is 1. The Balaban J connectivity index is 1.73. The highest BCUT2D eigenvalue weighted by atomic mass is 32.2. The van der Waals surface area contributed by atoms with E-state index in [0.717, 1.165) is 38.8 Å². The third kappa shape index (κ3) is 2.62. The summed E-state index contributed by atoms with van der Waals surface area (Å²) in [6.07, 6.45) is 4.31. The fraction of sp³-hybridized carbons (Fsp3) is 0.857. The molecule has 0 radical (unpaired) electrons. The highest BCUT2D eigenvalue weighted by molar-refractivity contribution is 8.00. The second-order valence-corrected chi connectivity index (χ2v) is 7.42. The first kappa shape index (κ1) is 14.0. The number of hydrogen-bond acceptors (Lipinski definition) is 3. The zero-order valence-corrected chi connectivity index (χ0v) is 12.6. The van der Waals surface area contributed by atoms with Crippen LogP contribution in [0.15, 0.2) is 0 Å². The standard InChI is InChI=1S/C14H22N2O3S/c1-9-4-6-15(7-5-9)14(19)16-11(13(17)18)8-20-12(16)10-2-3-10/h9-12H,2-8H2,1H3,(H,17,18). The molecule has 0 bridgehead atoms. The van der Waals surface area contributed by atoms with Gasteiger partial charge in [0.05, 0.1) is 5.37 Å². The van der Waals surface area contributed by atoms with Gasteiger partial charge in [-0.25, -0.2) is 9.59 Å². The summed E-state index contributed by atoms with van der Waals surface area (Å²) >= 11 is 1.65. The van der Waals surface area contributed by atoms with Crippen molar-refractivity contribution < 1.29 is 14.7 Å². The van der Waals surface area contributed by atoms with Crippen molar-refractivity contribution in [3.05, 3.63) is 0 Å². The van der Waals surface area contributed by atoms with Crippen molar-refractivity contribution in [1.82, 2.24) is 9.80 Å². The lowest BCUT2D eigenvalue weighted by atomic mass is 9.99. The van der Waals surface area contributed by atoms with Crippen LogP contribution in [0.3, 0.4) is 0 Å². The van der Waals surface area contributed by atoms with Crippen LogP contribution in [0.2, 0.25) is 0 Å². The molecule has 2 atom stereocenters. The summed E-state index contributed by atoms with van der Waals surface area (Å²) in [7, 11) is 0. The van der Waals surface area contributed by atoms with E-state index in [1.807, 2.05) is 4.90 Å². The Labute approximate surface area is 123 Å². The van der Waals surface area contributed by atoms with E-state index in [1.165, 1.54) is 0 Å². The second-order valence-electron chi connectivity index (χ2n) is 6.27. The lowest BCUT2D eigenvalue weighted by Crippen LogP contribution is -2.53. The van der Waals surface area contributed by atoms with Crippen molar-refractivity contribution in [2.45, 2.75) is 44.0 Å². The lowest BCUT2D eigenvalue weighted by Gasteiger charge is -2.36. The highest BCUT2D eigenvalue weighted by Gasteiger charge is 2.49. The maximum absolute atomic E-state index is 12.7. The number of hydrogen-bond donors (Lipinski definition) is 1. The van der Waals surface area contributed by atoms with Crippen molar-refractivity contribution in [3.8, 4) is 0 Å². The molecule has 2 saturated heterocycles. The molecule has 1 N–H and O–H groups in total. The number of amides is 2. The van der Waals surface area contributed by atoms with Crippen molar-refractivity contribution in [3.63, 3.8) is 0 Å². The third-order valence-electron chi connectivity index (χ3n) is 4.62. The van der Waals surface area contributed by atoms with E-state index in [-0.39, 0.29) is 11.4 Å². The minimum absolute atomic E-state index is 0.0498. The number of thioether (sulfide) groups is 1. The zero-order chi connectivity index (χ0) is 14.3. The first-order chi connectivity index (χ1) is 9.58. The van der Waals surface area contributed by atoms with Crippen LogP contribution in [0, 0.1) is 11.8 Å². The number of piperidine rings is 1. The molecule has 3 aliphatic rings. The average molecular weight is 298 g/mol. The van der Waals surface area contributed by atoms with E-state index in [0.29, 0.717) is 17.6 Å². The Morgan fingerprint density at radius 2 is 1.80 bits per heavy atom. The molecule has 2 heterocycles. The van der Waals surface area contributed by atoms with Crippen LogP contribution < -0.4 is 0 Å². The van der Waals surface area contributed by atoms with Crippen molar-refractivity contribution >= 4 is 23.8 Å². The van der Waals surface area contributed by atoms with Crippen LogP contribution in [0.1, 0.15) is 32.6 Å². The van der Waals surface area contributed by atoms with Crippen molar-refractivity contribution in [2.24, 2.45) is 11.8 Å². The van der Waals surface area contributed by atoms with Gasteiger partial charge < -0.3 is 10.0 Å². The topological polar surface area (TPSA) is 60.9 Å². The summed E-state index contributed by atoms with van der Waals surface area (Å²) in [4.78, 5) is 27.7. The molecular weight excluding hydrogens is 276 g/mol. The summed E-state index contributed by atoms with van der Waals surface area (Å²) < 4.78 is 0. The molecule has 0 spiro atoms. The predicted molar refractivity (Wildman–Crippen MR) is 77.6 cm³/mol. The first-order valence-electron chi connectivity index (χ1n) is 7.49. The minimum atomic E-state index is -0.862. The normalized spacial score (nSPS) is 31.6. The van der Waals surface area contributed by atoms with Gasteiger partial charge in [0.2, 0.25) is 0 Å². The van der Waals surface area contributed by atoms with E-state index in [2.05, 4.69) is 6.92 Å². The van der Waals surface area contributed by atoms with Gasteiger partial charge in [-0.2, -0.15) is 0 Å². The quantitative estimate of drug-likeness (QED) is 0.848. The number of carbonyl (C=O) groups excluding carboxylic acids is 1. The maximum atomic E-state index is 12.7. The molecule has 0 aromatic rings. The van der Waals surface area contributed by atoms with Crippen LogP contribution >= 0.6 is 11.8 Å². The van der Waals surface area contributed by atoms with Crippen LogP contribution in [0.4, 0.5) is 4.79 Å². The Kier molecular flexibility index (Phi) is 3.84. The van der Waals surface area contributed by atoms with E-state index in [1.54, 1.807) is 16.7 Å². The molecule has 2 unspecified atom stereocenters. The average Bonchev–Trinajstić information content (AvgIpc) is 3.17. The summed E-state index contributed by atoms with van der Waals surface area (Å²) in [5, 5.41) is 9.45. The number of carboxylic acid groups (broad SMARTS) is 1. The smallest absolute Gasteiger partial charge is 0.327 e. The summed E-state index contributed by atoms with van der Waals surface area (Å²) in [5.41, 5.74) is 0. The highest BCUT2D eigenvalue weighted by Crippen LogP contribution is 2.45. The summed E-state index contributed by atoms with van der Waals surface area (Å²) in [5.74, 6) is 0.852. The number of likely N-dealkylation sites (tertiary alicyclic amines) is 1. The summed E-state index contributed by atoms with van der Waals surface area (Å²) in [6, 6.07) is -0.691. The van der Waals surface area contributed by atoms with Crippen LogP contribution in [-0.2, 0) is 4.79 Å². The van der Waals surface area contributed by atoms with Gasteiger partial charge in [-0.1, -0.05) is 6.92 Å². The van der Waals surface area contributed by atoms with Gasteiger partial charge >= 0.3 is 12.0 Å². The molecule has 2 amide bonds. The molecule has 3 fully saturated rings. The largest absolute Gasteiger partial charge is 0.480 e. The minimum Gasteiger partial charge on any atom is -0.480 e. The van der Waals surface area contributed by atoms with Gasteiger partial charge in [-0.15, -0.1) is 11.8 Å². The Hall–Kier alpha value is -0.910. The number of carbonyl (C=O) groups is 2. The number of rotatable bonds is 2. The Bertz CT molecular complexity index is 405. The third-order valence-corrected chi connectivity index (χ3v) is 6.08. The van der Waals surface area contributed by atoms with Crippen LogP contribution in [-0.4, -0.2) is 57.2 Å². The predicted octanol–water partition coefficient (Wildman–Crippen LogP) is 2.08. The number of nitrogens with zero attached hydrogens (tertiary/aromatic N) is 2.